The zero-order chi connectivity index (χ0) is 10.7. The first-order valence-corrected chi connectivity index (χ1v) is 6.29. The SMILES string of the molecule is Clc1ncc(Br)cc1NCc1cscn1. The molecule has 0 atom stereocenters. The van der Waals surface area contributed by atoms with Gasteiger partial charge in [0, 0.05) is 16.0 Å². The Morgan fingerprint density at radius 1 is 1.47 bits per heavy atom. The topological polar surface area (TPSA) is 37.8 Å². The van der Waals surface area contributed by atoms with E-state index in [2.05, 4.69) is 31.2 Å². The summed E-state index contributed by atoms with van der Waals surface area (Å²) in [5.74, 6) is 0. The van der Waals surface area contributed by atoms with Crippen LogP contribution in [0, 0.1) is 0 Å². The molecule has 0 saturated heterocycles. The molecule has 78 valence electrons. The van der Waals surface area contributed by atoms with E-state index in [1.54, 1.807) is 23.0 Å². The van der Waals surface area contributed by atoms with Crippen LogP contribution in [0.4, 0.5) is 5.69 Å². The highest BCUT2D eigenvalue weighted by Crippen LogP contribution is 2.23. The summed E-state index contributed by atoms with van der Waals surface area (Å²) in [6, 6.07) is 1.89. The quantitative estimate of drug-likeness (QED) is 0.881. The van der Waals surface area contributed by atoms with Crippen molar-refractivity contribution in [2.75, 3.05) is 5.32 Å². The lowest BCUT2D eigenvalue weighted by Gasteiger charge is -2.06. The number of aromatic nitrogens is 2. The molecule has 0 fully saturated rings. The van der Waals surface area contributed by atoms with Crippen LogP contribution in [0.2, 0.25) is 5.15 Å². The largest absolute Gasteiger partial charge is 0.377 e. The first-order valence-electron chi connectivity index (χ1n) is 4.17. The second kappa shape index (κ2) is 4.92. The smallest absolute Gasteiger partial charge is 0.152 e. The van der Waals surface area contributed by atoms with Crippen LogP contribution in [-0.4, -0.2) is 9.97 Å². The Morgan fingerprint density at radius 3 is 3.07 bits per heavy atom. The molecule has 0 aliphatic heterocycles. The first kappa shape index (κ1) is 10.9. The molecule has 1 N–H and O–H groups in total. The van der Waals surface area contributed by atoms with Crippen molar-refractivity contribution in [3.63, 3.8) is 0 Å². The standard InChI is InChI=1S/C9H7BrClN3S/c10-6-1-8(9(11)13-2-6)12-3-7-4-15-5-14-7/h1-2,4-5,12H,3H2. The molecule has 0 radical (unpaired) electrons. The van der Waals surface area contributed by atoms with Crippen molar-refractivity contribution >= 4 is 44.6 Å². The molecule has 0 aliphatic carbocycles. The summed E-state index contributed by atoms with van der Waals surface area (Å²) in [6.07, 6.45) is 1.66. The molecule has 3 nitrogen and oxygen atoms in total. The molecule has 0 aliphatic rings. The third kappa shape index (κ3) is 2.90. The van der Waals surface area contributed by atoms with E-state index in [1.807, 2.05) is 11.4 Å². The Bertz CT molecular complexity index is 447. The summed E-state index contributed by atoms with van der Waals surface area (Å²) in [5.41, 5.74) is 3.60. The lowest BCUT2D eigenvalue weighted by molar-refractivity contribution is 1.07. The number of nitrogens with one attached hydrogen (secondary N) is 1. The number of thiazole rings is 1. The van der Waals surface area contributed by atoms with Crippen LogP contribution >= 0.6 is 38.9 Å². The van der Waals surface area contributed by atoms with Crippen molar-refractivity contribution < 1.29 is 0 Å². The van der Waals surface area contributed by atoms with Gasteiger partial charge in [0.2, 0.25) is 0 Å². The summed E-state index contributed by atoms with van der Waals surface area (Å²) >= 11 is 10.8. The minimum atomic E-state index is 0.466. The van der Waals surface area contributed by atoms with Gasteiger partial charge in [0.25, 0.3) is 0 Å². The van der Waals surface area contributed by atoms with E-state index in [-0.39, 0.29) is 0 Å². The highest BCUT2D eigenvalue weighted by molar-refractivity contribution is 9.10. The van der Waals surface area contributed by atoms with Gasteiger partial charge in [-0.3, -0.25) is 0 Å². The molecule has 2 rings (SSSR count). The molecular formula is C9H7BrClN3S. The maximum Gasteiger partial charge on any atom is 0.152 e. The van der Waals surface area contributed by atoms with Gasteiger partial charge in [0.15, 0.2) is 5.15 Å². The predicted octanol–water partition coefficient (Wildman–Crippen LogP) is 3.57. The lowest BCUT2D eigenvalue weighted by Crippen LogP contribution is -2.00. The summed E-state index contributed by atoms with van der Waals surface area (Å²) in [7, 11) is 0. The monoisotopic (exact) mass is 303 g/mol. The Kier molecular flexibility index (Phi) is 3.56. The second-order valence-corrected chi connectivity index (χ2v) is 4.82. The number of pyridine rings is 1. The van der Waals surface area contributed by atoms with E-state index < -0.39 is 0 Å². The van der Waals surface area contributed by atoms with Gasteiger partial charge in [-0.2, -0.15) is 0 Å². The molecular weight excluding hydrogens is 298 g/mol. The third-order valence-corrected chi connectivity index (χ3v) is 3.12. The molecule has 15 heavy (non-hydrogen) atoms. The Morgan fingerprint density at radius 2 is 2.33 bits per heavy atom. The Balaban J connectivity index is 2.07. The van der Waals surface area contributed by atoms with Gasteiger partial charge in [-0.15, -0.1) is 11.3 Å². The zero-order valence-corrected chi connectivity index (χ0v) is 10.7. The van der Waals surface area contributed by atoms with E-state index in [4.69, 9.17) is 11.6 Å². The molecule has 0 unspecified atom stereocenters. The van der Waals surface area contributed by atoms with Crippen LogP contribution in [0.5, 0.6) is 0 Å². The first-order chi connectivity index (χ1) is 7.25. The fourth-order valence-corrected chi connectivity index (χ4v) is 2.12. The van der Waals surface area contributed by atoms with E-state index in [1.165, 1.54) is 0 Å². The predicted molar refractivity (Wildman–Crippen MR) is 66.4 cm³/mol. The number of hydrogen-bond acceptors (Lipinski definition) is 4. The molecule has 0 bridgehead atoms. The van der Waals surface area contributed by atoms with Crippen molar-refractivity contribution in [3.8, 4) is 0 Å². The van der Waals surface area contributed by atoms with Crippen LogP contribution in [0.1, 0.15) is 5.69 Å². The lowest BCUT2D eigenvalue weighted by atomic mass is 10.4. The van der Waals surface area contributed by atoms with Crippen molar-refractivity contribution in [3.05, 3.63) is 38.5 Å². The van der Waals surface area contributed by atoms with Crippen LogP contribution in [-0.2, 0) is 6.54 Å². The average molecular weight is 305 g/mol. The minimum absolute atomic E-state index is 0.466. The summed E-state index contributed by atoms with van der Waals surface area (Å²) in [5, 5.41) is 5.63. The number of anilines is 1. The number of halogens is 2. The Labute approximate surface area is 105 Å². The maximum atomic E-state index is 5.92. The highest BCUT2D eigenvalue weighted by Gasteiger charge is 2.02. The second-order valence-electron chi connectivity index (χ2n) is 2.83. The fraction of sp³-hybridized carbons (Fsp3) is 0.111. The van der Waals surface area contributed by atoms with Gasteiger partial charge in [-0.25, -0.2) is 9.97 Å². The molecule has 6 heteroatoms. The van der Waals surface area contributed by atoms with Gasteiger partial charge in [0.05, 0.1) is 23.4 Å². The van der Waals surface area contributed by atoms with E-state index in [0.29, 0.717) is 11.7 Å². The molecule has 2 heterocycles. The highest BCUT2D eigenvalue weighted by atomic mass is 79.9. The van der Waals surface area contributed by atoms with E-state index in [0.717, 1.165) is 15.9 Å². The fourth-order valence-electron chi connectivity index (χ4n) is 1.06. The van der Waals surface area contributed by atoms with Crippen LogP contribution in [0.25, 0.3) is 0 Å². The maximum absolute atomic E-state index is 5.92. The van der Waals surface area contributed by atoms with Gasteiger partial charge < -0.3 is 5.32 Å². The van der Waals surface area contributed by atoms with E-state index >= 15 is 0 Å². The van der Waals surface area contributed by atoms with Gasteiger partial charge in [0.1, 0.15) is 0 Å². The molecule has 0 amide bonds. The minimum Gasteiger partial charge on any atom is -0.377 e. The van der Waals surface area contributed by atoms with Gasteiger partial charge >= 0.3 is 0 Å². The average Bonchev–Trinajstić information content (AvgIpc) is 2.72. The van der Waals surface area contributed by atoms with Gasteiger partial charge in [-0.1, -0.05) is 11.6 Å². The molecule has 2 aromatic rings. The molecule has 2 aromatic heterocycles. The number of nitrogens with zero attached hydrogens (tertiary/aromatic N) is 2. The van der Waals surface area contributed by atoms with Crippen molar-refractivity contribution in [2.45, 2.75) is 6.54 Å². The molecule has 0 spiro atoms. The normalized spacial score (nSPS) is 10.3. The summed E-state index contributed by atoms with van der Waals surface area (Å²) in [4.78, 5) is 8.18. The summed E-state index contributed by atoms with van der Waals surface area (Å²) in [6.45, 7) is 0.654. The van der Waals surface area contributed by atoms with Crippen molar-refractivity contribution in [1.82, 2.24) is 9.97 Å². The molecule has 0 aromatic carbocycles. The van der Waals surface area contributed by atoms with Crippen LogP contribution in [0.15, 0.2) is 27.6 Å². The Hall–Kier alpha value is -0.650. The summed E-state index contributed by atoms with van der Waals surface area (Å²) < 4.78 is 0.896. The zero-order valence-electron chi connectivity index (χ0n) is 7.58. The van der Waals surface area contributed by atoms with Crippen molar-refractivity contribution in [1.29, 1.82) is 0 Å². The molecule has 0 saturated carbocycles. The number of rotatable bonds is 3. The van der Waals surface area contributed by atoms with Crippen LogP contribution < -0.4 is 5.32 Å². The van der Waals surface area contributed by atoms with Crippen LogP contribution in [0.3, 0.4) is 0 Å². The third-order valence-electron chi connectivity index (χ3n) is 1.75. The van der Waals surface area contributed by atoms with Gasteiger partial charge in [-0.05, 0) is 22.0 Å². The number of hydrogen-bond donors (Lipinski definition) is 1. The van der Waals surface area contributed by atoms with E-state index in [9.17, 15) is 0 Å². The van der Waals surface area contributed by atoms with Crippen molar-refractivity contribution in [2.24, 2.45) is 0 Å².